The molecule has 0 spiro atoms. The van der Waals surface area contributed by atoms with Crippen molar-refractivity contribution in [1.82, 2.24) is 15.1 Å². The van der Waals surface area contributed by atoms with Crippen molar-refractivity contribution >= 4 is 0 Å². The highest BCUT2D eigenvalue weighted by Crippen LogP contribution is 2.18. The molecule has 0 aliphatic carbocycles. The molecular formula is C14H20N4O. The molecule has 0 fully saturated rings. The van der Waals surface area contributed by atoms with Crippen LogP contribution >= 0.6 is 0 Å². The van der Waals surface area contributed by atoms with Gasteiger partial charge in [-0.2, -0.15) is 4.98 Å². The van der Waals surface area contributed by atoms with Crippen molar-refractivity contribution in [3.8, 4) is 11.4 Å². The zero-order valence-corrected chi connectivity index (χ0v) is 11.4. The van der Waals surface area contributed by atoms with Gasteiger partial charge in [0.1, 0.15) is 0 Å². The van der Waals surface area contributed by atoms with Crippen LogP contribution in [0.1, 0.15) is 26.2 Å². The number of hydrogen-bond acceptors (Lipinski definition) is 5. The van der Waals surface area contributed by atoms with Crippen molar-refractivity contribution < 1.29 is 4.52 Å². The van der Waals surface area contributed by atoms with Crippen LogP contribution in [0.3, 0.4) is 0 Å². The first-order valence-corrected chi connectivity index (χ1v) is 6.62. The third-order valence-electron chi connectivity index (χ3n) is 3.01. The predicted octanol–water partition coefficient (Wildman–Crippen LogP) is 2.30. The van der Waals surface area contributed by atoms with E-state index in [1.165, 1.54) is 0 Å². The summed E-state index contributed by atoms with van der Waals surface area (Å²) < 4.78 is 5.30. The third-order valence-corrected chi connectivity index (χ3v) is 3.01. The lowest BCUT2D eigenvalue weighted by atomic mass is 9.94. The molecule has 2 aromatic heterocycles. The zero-order valence-electron chi connectivity index (χ0n) is 11.4. The first kappa shape index (κ1) is 13.7. The average Bonchev–Trinajstić information content (AvgIpc) is 2.87. The molecule has 5 nitrogen and oxygen atoms in total. The maximum absolute atomic E-state index is 5.79. The van der Waals surface area contributed by atoms with Crippen LogP contribution in [0.25, 0.3) is 11.4 Å². The Morgan fingerprint density at radius 3 is 2.63 bits per heavy atom. The van der Waals surface area contributed by atoms with Gasteiger partial charge in [-0.15, -0.1) is 0 Å². The molecule has 102 valence electrons. The van der Waals surface area contributed by atoms with Crippen molar-refractivity contribution in [2.24, 2.45) is 17.6 Å². The largest absolute Gasteiger partial charge is 0.339 e. The highest BCUT2D eigenvalue weighted by atomic mass is 16.5. The Morgan fingerprint density at radius 2 is 2.00 bits per heavy atom. The molecule has 0 amide bonds. The Labute approximate surface area is 113 Å². The van der Waals surface area contributed by atoms with Crippen LogP contribution in [-0.4, -0.2) is 21.7 Å². The molecule has 19 heavy (non-hydrogen) atoms. The Morgan fingerprint density at radius 1 is 1.26 bits per heavy atom. The molecule has 1 atom stereocenters. The van der Waals surface area contributed by atoms with E-state index in [4.69, 9.17) is 10.3 Å². The molecule has 0 saturated carbocycles. The second kappa shape index (κ2) is 6.43. The lowest BCUT2D eigenvalue weighted by molar-refractivity contribution is 0.332. The van der Waals surface area contributed by atoms with Gasteiger partial charge < -0.3 is 10.3 Å². The van der Waals surface area contributed by atoms with Crippen LogP contribution < -0.4 is 5.73 Å². The molecule has 0 aromatic carbocycles. The third kappa shape index (κ3) is 3.86. The van der Waals surface area contributed by atoms with Crippen LogP contribution in [0.5, 0.6) is 0 Å². The summed E-state index contributed by atoms with van der Waals surface area (Å²) >= 11 is 0. The number of nitrogens with two attached hydrogens (primary N) is 1. The quantitative estimate of drug-likeness (QED) is 0.862. The van der Waals surface area contributed by atoms with Gasteiger partial charge in [-0.25, -0.2) is 0 Å². The van der Waals surface area contributed by atoms with E-state index in [1.807, 2.05) is 12.1 Å². The van der Waals surface area contributed by atoms with E-state index in [1.54, 1.807) is 12.4 Å². The summed E-state index contributed by atoms with van der Waals surface area (Å²) in [5, 5.41) is 4.00. The summed E-state index contributed by atoms with van der Waals surface area (Å²) in [5.74, 6) is 2.28. The Kier molecular flexibility index (Phi) is 4.63. The van der Waals surface area contributed by atoms with E-state index in [9.17, 15) is 0 Å². The van der Waals surface area contributed by atoms with E-state index in [0.29, 0.717) is 30.1 Å². The molecule has 2 heterocycles. The second-order valence-corrected chi connectivity index (χ2v) is 5.18. The number of hydrogen-bond donors (Lipinski definition) is 1. The SMILES string of the molecule is CC(C)C[C@H](CN)Cc1nc(-c2ccncc2)no1. The first-order valence-electron chi connectivity index (χ1n) is 6.62. The molecule has 0 saturated heterocycles. The summed E-state index contributed by atoms with van der Waals surface area (Å²) in [4.78, 5) is 8.38. The molecule has 5 heteroatoms. The molecule has 0 aliphatic rings. The summed E-state index contributed by atoms with van der Waals surface area (Å²) in [6.07, 6.45) is 5.25. The average molecular weight is 260 g/mol. The van der Waals surface area contributed by atoms with Gasteiger partial charge in [0, 0.05) is 24.4 Å². The highest BCUT2D eigenvalue weighted by Gasteiger charge is 2.15. The fourth-order valence-electron chi connectivity index (χ4n) is 2.13. The van der Waals surface area contributed by atoms with Gasteiger partial charge in [0.05, 0.1) is 0 Å². The van der Waals surface area contributed by atoms with Gasteiger partial charge in [0.25, 0.3) is 0 Å². The van der Waals surface area contributed by atoms with E-state index in [2.05, 4.69) is 29.0 Å². The van der Waals surface area contributed by atoms with Crippen molar-refractivity contribution in [2.75, 3.05) is 6.54 Å². The summed E-state index contributed by atoms with van der Waals surface area (Å²) in [6.45, 7) is 5.03. The van der Waals surface area contributed by atoms with Crippen LogP contribution in [0.4, 0.5) is 0 Å². The van der Waals surface area contributed by atoms with E-state index >= 15 is 0 Å². The van der Waals surface area contributed by atoms with Crippen LogP contribution in [-0.2, 0) is 6.42 Å². The molecule has 0 bridgehead atoms. The van der Waals surface area contributed by atoms with Crippen LogP contribution in [0.2, 0.25) is 0 Å². The number of pyridine rings is 1. The molecule has 0 unspecified atom stereocenters. The van der Waals surface area contributed by atoms with E-state index in [0.717, 1.165) is 18.4 Å². The minimum Gasteiger partial charge on any atom is -0.339 e. The summed E-state index contributed by atoms with van der Waals surface area (Å²) in [5.41, 5.74) is 6.70. The first-order chi connectivity index (χ1) is 9.19. The normalized spacial score (nSPS) is 12.8. The molecule has 0 aliphatic heterocycles. The lowest BCUT2D eigenvalue weighted by Crippen LogP contribution is -2.19. The summed E-state index contributed by atoms with van der Waals surface area (Å²) in [6, 6.07) is 3.73. The lowest BCUT2D eigenvalue weighted by Gasteiger charge is -2.14. The Hall–Kier alpha value is -1.75. The van der Waals surface area contributed by atoms with Crippen molar-refractivity contribution in [1.29, 1.82) is 0 Å². The number of aromatic nitrogens is 3. The minimum atomic E-state index is 0.394. The van der Waals surface area contributed by atoms with Crippen molar-refractivity contribution in [3.63, 3.8) is 0 Å². The van der Waals surface area contributed by atoms with E-state index < -0.39 is 0 Å². The maximum Gasteiger partial charge on any atom is 0.227 e. The van der Waals surface area contributed by atoms with Gasteiger partial charge in [0.2, 0.25) is 11.7 Å². The number of nitrogens with zero attached hydrogens (tertiary/aromatic N) is 3. The van der Waals surface area contributed by atoms with E-state index in [-0.39, 0.29) is 0 Å². The molecule has 0 radical (unpaired) electrons. The maximum atomic E-state index is 5.79. The predicted molar refractivity (Wildman–Crippen MR) is 73.2 cm³/mol. The minimum absolute atomic E-state index is 0.394. The van der Waals surface area contributed by atoms with Gasteiger partial charge in [-0.1, -0.05) is 19.0 Å². The fourth-order valence-corrected chi connectivity index (χ4v) is 2.13. The smallest absolute Gasteiger partial charge is 0.227 e. The van der Waals surface area contributed by atoms with Gasteiger partial charge in [-0.3, -0.25) is 4.98 Å². The Bertz CT molecular complexity index is 495. The Balaban J connectivity index is 2.05. The molecule has 2 aromatic rings. The second-order valence-electron chi connectivity index (χ2n) is 5.18. The summed E-state index contributed by atoms with van der Waals surface area (Å²) in [7, 11) is 0. The molecular weight excluding hydrogens is 240 g/mol. The highest BCUT2D eigenvalue weighted by molar-refractivity contribution is 5.52. The fraction of sp³-hybridized carbons (Fsp3) is 0.500. The van der Waals surface area contributed by atoms with Crippen molar-refractivity contribution in [3.05, 3.63) is 30.4 Å². The molecule has 2 rings (SSSR count). The van der Waals surface area contributed by atoms with Gasteiger partial charge >= 0.3 is 0 Å². The van der Waals surface area contributed by atoms with Crippen LogP contribution in [0.15, 0.2) is 29.0 Å². The number of rotatable bonds is 6. The monoisotopic (exact) mass is 260 g/mol. The van der Waals surface area contributed by atoms with Gasteiger partial charge in [0.15, 0.2) is 0 Å². The standard InChI is InChI=1S/C14H20N4O/c1-10(2)7-11(9-15)8-13-17-14(18-19-13)12-3-5-16-6-4-12/h3-6,10-11H,7-9,15H2,1-2H3/t11-/m0/s1. The topological polar surface area (TPSA) is 77.8 Å². The zero-order chi connectivity index (χ0) is 13.7. The van der Waals surface area contributed by atoms with Crippen LogP contribution in [0, 0.1) is 11.8 Å². The molecule has 2 N–H and O–H groups in total. The van der Waals surface area contributed by atoms with Gasteiger partial charge in [-0.05, 0) is 36.9 Å². The van der Waals surface area contributed by atoms with Crippen molar-refractivity contribution in [2.45, 2.75) is 26.7 Å².